The van der Waals surface area contributed by atoms with Crippen molar-refractivity contribution in [1.29, 1.82) is 0 Å². The third-order valence-corrected chi connectivity index (χ3v) is 5.78. The number of unbranched alkanes of at least 4 members (excludes halogenated alkanes) is 1. The average Bonchev–Trinajstić information content (AvgIpc) is 3.43. The lowest BCUT2D eigenvalue weighted by Crippen LogP contribution is -2.29. The number of carbonyl (C=O) groups excluding carboxylic acids is 1. The van der Waals surface area contributed by atoms with Gasteiger partial charge in [-0.3, -0.25) is 15.0 Å². The Morgan fingerprint density at radius 1 is 0.829 bits per heavy atom. The number of nitrogens with zero attached hydrogens (tertiary/aromatic N) is 2. The van der Waals surface area contributed by atoms with E-state index in [9.17, 15) is 9.90 Å². The Morgan fingerprint density at radius 2 is 1.37 bits per heavy atom. The largest absolute Gasteiger partial charge is 0.330 e. The molecule has 1 N–H and O–H groups in total. The maximum absolute atomic E-state index is 13.1. The van der Waals surface area contributed by atoms with E-state index in [1.165, 1.54) is 36.7 Å². The molecule has 3 aromatic carbocycles. The van der Waals surface area contributed by atoms with Gasteiger partial charge in [-0.1, -0.05) is 61.6 Å². The molecule has 0 bridgehead atoms. The first-order valence-electron chi connectivity index (χ1n) is 11.8. The summed E-state index contributed by atoms with van der Waals surface area (Å²) in [6.45, 7) is 3.02. The summed E-state index contributed by atoms with van der Waals surface area (Å²) in [5.41, 5.74) is 5.64. The molecular weight excluding hydrogens is 434 g/mol. The van der Waals surface area contributed by atoms with E-state index in [1.807, 2.05) is 24.3 Å². The third kappa shape index (κ3) is 6.84. The zero-order valence-electron chi connectivity index (χ0n) is 19.8. The van der Waals surface area contributed by atoms with Crippen LogP contribution in [0.4, 0.5) is 0 Å². The van der Waals surface area contributed by atoms with Gasteiger partial charge in [-0.15, -0.1) is 0 Å². The minimum Gasteiger partial charge on any atom is -0.330 e. The van der Waals surface area contributed by atoms with E-state index < -0.39 is 0 Å². The van der Waals surface area contributed by atoms with E-state index in [-0.39, 0.29) is 11.7 Å². The van der Waals surface area contributed by atoms with E-state index >= 15 is 0 Å². The topological polar surface area (TPSA) is 68.9 Å². The van der Waals surface area contributed by atoms with Gasteiger partial charge in [0.2, 0.25) is 0 Å². The lowest BCUT2D eigenvalue weighted by atomic mass is 10.1. The number of aromatic amines is 1. The number of hydrogen-bond donors (Lipinski definition) is 1. The normalized spacial score (nSPS) is 10.4. The molecule has 0 saturated carbocycles. The molecule has 5 nitrogen and oxygen atoms in total. The van der Waals surface area contributed by atoms with Crippen molar-refractivity contribution in [3.05, 3.63) is 119 Å². The molecule has 4 aromatic rings. The minimum atomic E-state index is -0.129. The van der Waals surface area contributed by atoms with Crippen LogP contribution in [-0.2, 0) is 24.6 Å². The van der Waals surface area contributed by atoms with Crippen LogP contribution in [0.1, 0.15) is 57.9 Å². The van der Waals surface area contributed by atoms with Crippen LogP contribution in [-0.4, -0.2) is 21.0 Å². The Kier molecular flexibility index (Phi) is 7.98. The number of aromatic nitrogens is 2. The first kappa shape index (κ1) is 23.8. The number of benzene rings is 3. The average molecular weight is 463 g/mol. The first-order valence-corrected chi connectivity index (χ1v) is 11.8. The fourth-order valence-corrected chi connectivity index (χ4v) is 3.76. The molecule has 0 aliphatic rings. The summed E-state index contributed by atoms with van der Waals surface area (Å²) in [4.78, 5) is 14.8. The number of amides is 1. The highest BCUT2D eigenvalue weighted by atomic mass is 16.3. The molecule has 0 aliphatic carbocycles. The van der Waals surface area contributed by atoms with Crippen LogP contribution >= 0.6 is 0 Å². The molecule has 0 spiro atoms. The minimum absolute atomic E-state index is 0.0504. The SMILES string of the molecule is CCCCc1ccc(C#Cc2ccc(CN(Cc3ccc([O])cc3)C(=O)c3cn[nH]c3)cc2)cc1. The van der Waals surface area contributed by atoms with Crippen molar-refractivity contribution in [3.63, 3.8) is 0 Å². The Labute approximate surface area is 206 Å². The zero-order chi connectivity index (χ0) is 24.5. The number of hydrogen-bond acceptors (Lipinski definition) is 2. The highest BCUT2D eigenvalue weighted by Crippen LogP contribution is 2.17. The molecule has 1 heterocycles. The second kappa shape index (κ2) is 11.7. The van der Waals surface area contributed by atoms with Gasteiger partial charge in [0.15, 0.2) is 5.75 Å². The highest BCUT2D eigenvalue weighted by molar-refractivity contribution is 5.93. The second-order valence-electron chi connectivity index (χ2n) is 8.54. The lowest BCUT2D eigenvalue weighted by Gasteiger charge is -2.22. The first-order chi connectivity index (χ1) is 17.1. The standard InChI is InChI=1S/C30H28N3O2/c1-2-3-4-23-5-7-24(8-6-23)9-10-25-11-13-26(14-12-25)21-33(30(35)28-19-31-32-20-28)22-27-15-17-29(34)18-16-27/h5-8,11-20H,2-4,21-22H2,1H3,(H,31,32). The summed E-state index contributed by atoms with van der Waals surface area (Å²) in [5, 5.41) is 18.0. The monoisotopic (exact) mass is 462 g/mol. The summed E-state index contributed by atoms with van der Waals surface area (Å²) in [6, 6.07) is 22.9. The van der Waals surface area contributed by atoms with Crippen LogP contribution in [0, 0.1) is 11.8 Å². The van der Waals surface area contributed by atoms with Crippen molar-refractivity contribution in [2.24, 2.45) is 0 Å². The second-order valence-corrected chi connectivity index (χ2v) is 8.54. The Hall–Kier alpha value is -4.30. The molecular formula is C30H28N3O2. The van der Waals surface area contributed by atoms with Gasteiger partial charge in [-0.25, -0.2) is 0 Å². The van der Waals surface area contributed by atoms with Gasteiger partial charge in [0.25, 0.3) is 5.91 Å². The quantitative estimate of drug-likeness (QED) is 0.320. The van der Waals surface area contributed by atoms with Crippen molar-refractivity contribution in [2.45, 2.75) is 39.3 Å². The smallest absolute Gasteiger partial charge is 0.257 e. The molecule has 1 aromatic heterocycles. The van der Waals surface area contributed by atoms with Gasteiger partial charge >= 0.3 is 0 Å². The molecule has 175 valence electrons. The predicted molar refractivity (Wildman–Crippen MR) is 136 cm³/mol. The fourth-order valence-electron chi connectivity index (χ4n) is 3.76. The van der Waals surface area contributed by atoms with Gasteiger partial charge in [0.05, 0.1) is 11.8 Å². The molecule has 1 radical (unpaired) electrons. The summed E-state index contributed by atoms with van der Waals surface area (Å²) < 4.78 is 0. The lowest BCUT2D eigenvalue weighted by molar-refractivity contribution is 0.0730. The van der Waals surface area contributed by atoms with E-state index in [0.717, 1.165) is 28.7 Å². The van der Waals surface area contributed by atoms with E-state index in [2.05, 4.69) is 53.2 Å². The number of aryl methyl sites for hydroxylation is 1. The van der Waals surface area contributed by atoms with Crippen molar-refractivity contribution in [2.75, 3.05) is 0 Å². The van der Waals surface area contributed by atoms with E-state index in [4.69, 9.17) is 0 Å². The molecule has 1 amide bonds. The van der Waals surface area contributed by atoms with Gasteiger partial charge in [0, 0.05) is 30.4 Å². The van der Waals surface area contributed by atoms with Gasteiger partial charge < -0.3 is 4.90 Å². The molecule has 4 rings (SSSR count). The number of nitrogens with one attached hydrogen (secondary N) is 1. The van der Waals surface area contributed by atoms with Gasteiger partial charge in [-0.2, -0.15) is 5.10 Å². The van der Waals surface area contributed by atoms with Crippen molar-refractivity contribution in [1.82, 2.24) is 15.1 Å². The third-order valence-electron chi connectivity index (χ3n) is 5.78. The number of carbonyl (C=O) groups is 1. The molecule has 0 unspecified atom stereocenters. The Bertz CT molecular complexity index is 1280. The molecule has 0 saturated heterocycles. The molecule has 0 atom stereocenters. The summed E-state index contributed by atoms with van der Waals surface area (Å²) in [5.74, 6) is 6.27. The summed E-state index contributed by atoms with van der Waals surface area (Å²) in [6.07, 6.45) is 6.61. The molecule has 35 heavy (non-hydrogen) atoms. The van der Waals surface area contributed by atoms with E-state index in [1.54, 1.807) is 23.2 Å². The van der Waals surface area contributed by atoms with Crippen molar-refractivity contribution in [3.8, 4) is 17.6 Å². The van der Waals surface area contributed by atoms with Crippen molar-refractivity contribution >= 4 is 5.91 Å². The molecule has 0 aliphatic heterocycles. The predicted octanol–water partition coefficient (Wildman–Crippen LogP) is 6.14. The van der Waals surface area contributed by atoms with Crippen LogP contribution in [0.15, 0.2) is 85.2 Å². The van der Waals surface area contributed by atoms with E-state index in [0.29, 0.717) is 18.7 Å². The Balaban J connectivity index is 1.45. The van der Waals surface area contributed by atoms with Crippen molar-refractivity contribution < 1.29 is 9.90 Å². The van der Waals surface area contributed by atoms with Gasteiger partial charge in [0.1, 0.15) is 0 Å². The van der Waals surface area contributed by atoms with Crippen LogP contribution in [0.25, 0.3) is 0 Å². The van der Waals surface area contributed by atoms with Gasteiger partial charge in [-0.05, 0) is 65.9 Å². The zero-order valence-corrected chi connectivity index (χ0v) is 19.8. The molecule has 5 heteroatoms. The number of rotatable bonds is 8. The van der Waals surface area contributed by atoms with Crippen LogP contribution in [0.3, 0.4) is 0 Å². The maximum Gasteiger partial charge on any atom is 0.257 e. The number of H-pyrrole nitrogens is 1. The van der Waals surface area contributed by atoms with Crippen LogP contribution in [0.5, 0.6) is 5.75 Å². The summed E-state index contributed by atoms with van der Waals surface area (Å²) in [7, 11) is 0. The fraction of sp³-hybridized carbons (Fsp3) is 0.200. The maximum atomic E-state index is 13.1. The van der Waals surface area contributed by atoms with Crippen LogP contribution in [0.2, 0.25) is 0 Å². The van der Waals surface area contributed by atoms with Crippen LogP contribution < -0.4 is 0 Å². The Morgan fingerprint density at radius 3 is 1.89 bits per heavy atom. The summed E-state index contributed by atoms with van der Waals surface area (Å²) >= 11 is 0. The highest BCUT2D eigenvalue weighted by Gasteiger charge is 2.18. The molecule has 0 fully saturated rings.